The van der Waals surface area contributed by atoms with Gasteiger partial charge in [-0.05, 0) is 55.3 Å². The third kappa shape index (κ3) is 6.23. The van der Waals surface area contributed by atoms with Crippen LogP contribution in [0.4, 0.5) is 0 Å². The van der Waals surface area contributed by atoms with Crippen LogP contribution in [0.25, 0.3) is 0 Å². The first-order valence-corrected chi connectivity index (χ1v) is 11.9. The Kier molecular flexibility index (Phi) is 7.89. The van der Waals surface area contributed by atoms with Crippen LogP contribution in [-0.2, 0) is 25.8 Å². The standard InChI is InChI=1S/C24H26N2O6S/c1-17-5-11-20(12-6-17)33(29,30)22(21-4-3-15-32-21)16-26-24(28)23(27)25-14-13-18-7-9-19(31-2)10-8-18/h3-12,15,22H,13-14,16H2,1-2H3,(H,25,27)(H,26,28). The molecule has 0 bridgehead atoms. The van der Waals surface area contributed by atoms with E-state index in [-0.39, 0.29) is 23.7 Å². The number of nitrogens with one attached hydrogen (secondary N) is 2. The molecule has 8 nitrogen and oxygen atoms in total. The van der Waals surface area contributed by atoms with Crippen molar-refractivity contribution in [3.63, 3.8) is 0 Å². The van der Waals surface area contributed by atoms with Crippen LogP contribution < -0.4 is 15.4 Å². The number of sulfone groups is 1. The number of methoxy groups -OCH3 is 1. The summed E-state index contributed by atoms with van der Waals surface area (Å²) in [5, 5.41) is 3.78. The molecule has 0 aliphatic heterocycles. The number of hydrogen-bond acceptors (Lipinski definition) is 6. The van der Waals surface area contributed by atoms with Gasteiger partial charge in [0.2, 0.25) is 0 Å². The average Bonchev–Trinajstić information content (AvgIpc) is 3.34. The highest BCUT2D eigenvalue weighted by Gasteiger charge is 2.32. The SMILES string of the molecule is COc1ccc(CCNC(=O)C(=O)NCC(c2ccco2)S(=O)(=O)c2ccc(C)cc2)cc1. The van der Waals surface area contributed by atoms with Crippen molar-refractivity contribution >= 4 is 21.7 Å². The van der Waals surface area contributed by atoms with Crippen LogP contribution in [-0.4, -0.2) is 40.4 Å². The lowest BCUT2D eigenvalue weighted by atomic mass is 10.1. The third-order valence-corrected chi connectivity index (χ3v) is 7.17. The number of furan rings is 1. The molecule has 3 rings (SSSR count). The van der Waals surface area contributed by atoms with Crippen LogP contribution in [0, 0.1) is 6.92 Å². The molecule has 1 unspecified atom stereocenters. The third-order valence-electron chi connectivity index (χ3n) is 5.10. The molecule has 33 heavy (non-hydrogen) atoms. The van der Waals surface area contributed by atoms with Crippen LogP contribution in [0.15, 0.2) is 76.2 Å². The van der Waals surface area contributed by atoms with E-state index in [1.165, 1.54) is 24.5 Å². The van der Waals surface area contributed by atoms with Crippen molar-refractivity contribution in [1.29, 1.82) is 0 Å². The van der Waals surface area contributed by atoms with Crippen molar-refractivity contribution < 1.29 is 27.2 Å². The molecule has 0 saturated heterocycles. The van der Waals surface area contributed by atoms with Gasteiger partial charge in [-0.1, -0.05) is 29.8 Å². The van der Waals surface area contributed by atoms with Crippen molar-refractivity contribution in [3.05, 3.63) is 83.8 Å². The minimum Gasteiger partial charge on any atom is -0.497 e. The fraction of sp³-hybridized carbons (Fsp3) is 0.250. The van der Waals surface area contributed by atoms with E-state index in [0.29, 0.717) is 6.42 Å². The van der Waals surface area contributed by atoms with Crippen LogP contribution in [0.2, 0.25) is 0 Å². The predicted molar refractivity (Wildman–Crippen MR) is 123 cm³/mol. The van der Waals surface area contributed by atoms with E-state index >= 15 is 0 Å². The Labute approximate surface area is 192 Å². The maximum absolute atomic E-state index is 13.2. The molecule has 2 N–H and O–H groups in total. The van der Waals surface area contributed by atoms with E-state index in [1.54, 1.807) is 25.3 Å². The van der Waals surface area contributed by atoms with Crippen LogP contribution in [0.5, 0.6) is 5.75 Å². The predicted octanol–water partition coefficient (Wildman–Crippen LogP) is 2.59. The molecule has 0 spiro atoms. The van der Waals surface area contributed by atoms with Gasteiger partial charge >= 0.3 is 11.8 Å². The highest BCUT2D eigenvalue weighted by atomic mass is 32.2. The van der Waals surface area contributed by atoms with Crippen molar-refractivity contribution in [2.75, 3.05) is 20.2 Å². The van der Waals surface area contributed by atoms with E-state index in [1.807, 2.05) is 31.2 Å². The second-order valence-corrected chi connectivity index (χ2v) is 9.56. The summed E-state index contributed by atoms with van der Waals surface area (Å²) in [6, 6.07) is 16.9. The Morgan fingerprint density at radius 3 is 2.24 bits per heavy atom. The summed E-state index contributed by atoms with van der Waals surface area (Å²) < 4.78 is 36.8. The summed E-state index contributed by atoms with van der Waals surface area (Å²) in [5.41, 5.74) is 1.89. The monoisotopic (exact) mass is 470 g/mol. The molecule has 2 amide bonds. The summed E-state index contributed by atoms with van der Waals surface area (Å²) in [4.78, 5) is 24.6. The lowest BCUT2D eigenvalue weighted by Gasteiger charge is -2.17. The summed E-state index contributed by atoms with van der Waals surface area (Å²) in [5.74, 6) is -0.848. The molecule has 174 valence electrons. The number of aryl methyl sites for hydroxylation is 1. The van der Waals surface area contributed by atoms with E-state index in [0.717, 1.165) is 16.9 Å². The van der Waals surface area contributed by atoms with Gasteiger partial charge in [0.15, 0.2) is 9.84 Å². The lowest BCUT2D eigenvalue weighted by molar-refractivity contribution is -0.139. The fourth-order valence-electron chi connectivity index (χ4n) is 3.19. The lowest BCUT2D eigenvalue weighted by Crippen LogP contribution is -2.42. The number of carbonyl (C=O) groups excluding carboxylic acids is 2. The maximum Gasteiger partial charge on any atom is 0.309 e. The summed E-state index contributed by atoms with van der Waals surface area (Å²) in [6.07, 6.45) is 1.89. The summed E-state index contributed by atoms with van der Waals surface area (Å²) >= 11 is 0. The minimum atomic E-state index is -3.87. The summed E-state index contributed by atoms with van der Waals surface area (Å²) in [7, 11) is -2.29. The Hall–Kier alpha value is -3.59. The molecule has 9 heteroatoms. The zero-order valence-electron chi connectivity index (χ0n) is 18.4. The fourth-order valence-corrected chi connectivity index (χ4v) is 4.78. The van der Waals surface area contributed by atoms with Crippen LogP contribution in [0.1, 0.15) is 22.1 Å². The van der Waals surface area contributed by atoms with Gasteiger partial charge in [0.05, 0.1) is 18.3 Å². The first-order valence-electron chi connectivity index (χ1n) is 10.3. The van der Waals surface area contributed by atoms with E-state index in [2.05, 4.69) is 10.6 Å². The smallest absolute Gasteiger partial charge is 0.309 e. The van der Waals surface area contributed by atoms with E-state index in [4.69, 9.17) is 9.15 Å². The molecular formula is C24H26N2O6S. The summed E-state index contributed by atoms with van der Waals surface area (Å²) in [6.45, 7) is 1.80. The van der Waals surface area contributed by atoms with Gasteiger partial charge in [0.1, 0.15) is 16.8 Å². The van der Waals surface area contributed by atoms with Crippen LogP contribution in [0.3, 0.4) is 0 Å². The topological polar surface area (TPSA) is 115 Å². The first kappa shape index (κ1) is 24.1. The Morgan fingerprint density at radius 1 is 0.970 bits per heavy atom. The van der Waals surface area contributed by atoms with Gasteiger partial charge in [-0.3, -0.25) is 9.59 Å². The Balaban J connectivity index is 1.60. The molecule has 0 aliphatic carbocycles. The van der Waals surface area contributed by atoms with Crippen LogP contribution >= 0.6 is 0 Å². The van der Waals surface area contributed by atoms with Crippen molar-refractivity contribution in [3.8, 4) is 5.75 Å². The molecular weight excluding hydrogens is 444 g/mol. The number of carbonyl (C=O) groups is 2. The number of hydrogen-bond donors (Lipinski definition) is 2. The first-order chi connectivity index (χ1) is 15.8. The molecule has 1 aromatic heterocycles. The van der Waals surface area contributed by atoms with Crippen molar-refractivity contribution in [2.24, 2.45) is 0 Å². The van der Waals surface area contributed by atoms with E-state index in [9.17, 15) is 18.0 Å². The second-order valence-electron chi connectivity index (χ2n) is 7.43. The molecule has 1 heterocycles. The zero-order chi connectivity index (χ0) is 23.8. The van der Waals surface area contributed by atoms with Gasteiger partial charge in [0.25, 0.3) is 0 Å². The minimum absolute atomic E-state index is 0.104. The molecule has 3 aromatic rings. The van der Waals surface area contributed by atoms with Gasteiger partial charge in [-0.2, -0.15) is 0 Å². The molecule has 1 atom stereocenters. The quantitative estimate of drug-likeness (QED) is 0.465. The molecule has 2 aromatic carbocycles. The molecule has 0 fully saturated rings. The largest absolute Gasteiger partial charge is 0.497 e. The number of rotatable bonds is 9. The Bertz CT molecular complexity index is 1170. The maximum atomic E-state index is 13.2. The highest BCUT2D eigenvalue weighted by Crippen LogP contribution is 2.29. The molecule has 0 saturated carbocycles. The van der Waals surface area contributed by atoms with Gasteiger partial charge < -0.3 is 19.8 Å². The number of ether oxygens (including phenoxy) is 1. The van der Waals surface area contributed by atoms with Crippen molar-refractivity contribution in [2.45, 2.75) is 23.5 Å². The zero-order valence-corrected chi connectivity index (χ0v) is 19.2. The van der Waals surface area contributed by atoms with Gasteiger partial charge in [-0.25, -0.2) is 8.42 Å². The average molecular weight is 471 g/mol. The van der Waals surface area contributed by atoms with Crippen molar-refractivity contribution in [1.82, 2.24) is 10.6 Å². The Morgan fingerprint density at radius 2 is 1.64 bits per heavy atom. The van der Waals surface area contributed by atoms with Gasteiger partial charge in [-0.15, -0.1) is 0 Å². The molecule has 0 radical (unpaired) electrons. The number of benzene rings is 2. The number of amides is 2. The van der Waals surface area contributed by atoms with E-state index < -0.39 is 26.9 Å². The second kappa shape index (κ2) is 10.8. The molecule has 0 aliphatic rings. The van der Waals surface area contributed by atoms with Gasteiger partial charge in [0, 0.05) is 13.1 Å². The normalized spacial score (nSPS) is 12.1. The highest BCUT2D eigenvalue weighted by molar-refractivity contribution is 7.91.